The highest BCUT2D eigenvalue weighted by Crippen LogP contribution is 2.74. The minimum atomic E-state index is -0.688. The fourth-order valence-corrected chi connectivity index (χ4v) is 35.5. The van der Waals surface area contributed by atoms with Crippen LogP contribution < -0.4 is 5.32 Å². The van der Waals surface area contributed by atoms with Crippen LogP contribution in [0.5, 0.6) is 0 Å². The molecule has 14 heteroatoms. The first kappa shape index (κ1) is 100. The van der Waals surface area contributed by atoms with Crippen LogP contribution in [-0.4, -0.2) is 88.8 Å². The quantitative estimate of drug-likeness (QED) is 0.0559. The molecule has 20 aliphatic carbocycles. The molecule has 2 aliphatic heterocycles. The van der Waals surface area contributed by atoms with Gasteiger partial charge in [0.25, 0.3) is 0 Å². The van der Waals surface area contributed by atoms with Crippen molar-refractivity contribution in [1.29, 1.82) is 0 Å². The van der Waals surface area contributed by atoms with Crippen LogP contribution in [0.15, 0.2) is 0 Å². The van der Waals surface area contributed by atoms with Crippen molar-refractivity contribution in [3.8, 4) is 0 Å². The number of ether oxygens (including phenoxy) is 6. The summed E-state index contributed by atoms with van der Waals surface area (Å²) in [6.45, 7) is 51.4. The lowest BCUT2D eigenvalue weighted by molar-refractivity contribution is -0.265. The molecule has 2 heterocycles. The zero-order valence-electron chi connectivity index (χ0n) is 86.6. The number of carboxylic acids is 1. The number of unbranched alkanes of at least 4 members (excludes halogenated alkanes) is 3. The molecular formula is C115H191NO13. The Morgan fingerprint density at radius 2 is 0.922 bits per heavy atom. The highest BCUT2D eigenvalue weighted by Gasteiger charge is 2.71. The Kier molecular flexibility index (Phi) is 29.1. The fraction of sp³-hybridized carbons (Fsp3) is 0.948. The summed E-state index contributed by atoms with van der Waals surface area (Å²) in [6.07, 6.45) is 57.7. The van der Waals surface area contributed by atoms with Crippen LogP contribution in [0.3, 0.4) is 0 Å². The van der Waals surface area contributed by atoms with Crippen LogP contribution in [0.4, 0.5) is 0 Å². The van der Waals surface area contributed by atoms with E-state index in [0.29, 0.717) is 69.2 Å². The van der Waals surface area contributed by atoms with Gasteiger partial charge in [0, 0.05) is 35.1 Å². The second-order valence-corrected chi connectivity index (χ2v) is 54.1. The molecule has 1 amide bonds. The van der Waals surface area contributed by atoms with Crippen molar-refractivity contribution in [1.82, 2.24) is 5.32 Å². The minimum absolute atomic E-state index is 0.00287. The van der Waals surface area contributed by atoms with Gasteiger partial charge in [0.05, 0.1) is 39.8 Å². The molecule has 22 rings (SSSR count). The Bertz CT molecular complexity index is 3870. The van der Waals surface area contributed by atoms with Gasteiger partial charge in [0.1, 0.15) is 23.9 Å². The third-order valence-corrected chi connectivity index (χ3v) is 44.6. The maximum atomic E-state index is 12.8. The summed E-state index contributed by atoms with van der Waals surface area (Å²) in [6, 6.07) is 0. The maximum Gasteiger partial charge on any atom is 0.312 e. The van der Waals surface area contributed by atoms with E-state index in [4.69, 9.17) is 28.4 Å². The number of hydrogen-bond donors (Lipinski definition) is 2. The lowest BCUT2D eigenvalue weighted by Crippen LogP contribution is -2.61. The van der Waals surface area contributed by atoms with Crippen molar-refractivity contribution in [2.45, 2.75) is 502 Å². The topological polar surface area (TPSA) is 190 Å². The van der Waals surface area contributed by atoms with Crippen molar-refractivity contribution >= 4 is 35.8 Å². The van der Waals surface area contributed by atoms with E-state index in [0.717, 1.165) is 192 Å². The van der Waals surface area contributed by atoms with E-state index >= 15 is 0 Å². The molecule has 2 N–H and O–H groups in total. The molecule has 129 heavy (non-hydrogen) atoms. The van der Waals surface area contributed by atoms with Gasteiger partial charge >= 0.3 is 29.8 Å². The van der Waals surface area contributed by atoms with Crippen LogP contribution in [-0.2, 0) is 57.2 Å². The summed E-state index contributed by atoms with van der Waals surface area (Å²) in [7, 11) is 0. The van der Waals surface area contributed by atoms with Gasteiger partial charge in [-0.2, -0.15) is 0 Å². The van der Waals surface area contributed by atoms with Crippen LogP contribution in [0.25, 0.3) is 0 Å². The van der Waals surface area contributed by atoms with E-state index in [1.807, 2.05) is 62.3 Å². The molecule has 25 atom stereocenters. The molecule has 22 fully saturated rings. The minimum Gasteiger partial charge on any atom is -0.481 e. The van der Waals surface area contributed by atoms with Gasteiger partial charge in [-0.25, -0.2) is 0 Å². The van der Waals surface area contributed by atoms with Crippen molar-refractivity contribution in [3.05, 3.63) is 0 Å². The van der Waals surface area contributed by atoms with Gasteiger partial charge < -0.3 is 38.8 Å². The predicted molar refractivity (Wildman–Crippen MR) is 515 cm³/mol. The van der Waals surface area contributed by atoms with E-state index < -0.39 is 22.4 Å². The van der Waals surface area contributed by atoms with Crippen LogP contribution in [0, 0.1) is 178 Å². The van der Waals surface area contributed by atoms with Crippen LogP contribution in [0.2, 0.25) is 0 Å². The highest BCUT2D eigenvalue weighted by atomic mass is 16.7. The SMILES string of the molecule is CCC(C)(C)C(=O)NC12CC3CC(CC(C3)C1)C2.CCC(C)(C)C(=O)OC(C)C12CC3CC(CC1C3)C2.CCC(C)(C)C(=O)OC12CC3CC(C1)CC(C(=O)O)(C3)C2.CCC(C)(C)C(=O)O[C@@H]1CCC2(C)C(CCC3C2CCC2(C)C3CC3O[C@]4(CCCCO4)[C@@H](C)C32)C1.CCCCCCC(C)C1CCC2C3CCC4C[C@H](OC(=O)C(C)(C)CC)CCC4(C)C3CCC12C. The Labute approximate surface area is 785 Å². The molecular weight excluding hydrogens is 1600 g/mol. The number of carbonyl (C=O) groups excluding carboxylic acids is 5. The van der Waals surface area contributed by atoms with E-state index in [9.17, 15) is 33.9 Å². The first-order valence-corrected chi connectivity index (χ1v) is 55.3. The summed E-state index contributed by atoms with van der Waals surface area (Å²) < 4.78 is 37.4. The zero-order valence-corrected chi connectivity index (χ0v) is 86.6. The Hall–Kier alpha value is -3.26. The third-order valence-electron chi connectivity index (χ3n) is 44.6. The molecule has 0 aromatic heterocycles. The van der Waals surface area contributed by atoms with E-state index in [-0.39, 0.29) is 81.1 Å². The standard InChI is InChI=1S/C33H58O2.C32H52O4.C17H26O4.C17H28O2.C16H27NO/c1-8-10-11-12-13-23(3)27-16-17-28-26-15-14-24-22-25(35-30(34)31(4,5)9-2)18-20-32(24,6)29(26)19-21-33(27,28)7;1-7-29(3,4)28(33)35-22-12-15-30(5)21(18-22)10-11-23-24(30)13-16-31(6)25(23)19-26-27(31)20(2)32(36-26)14-8-9-17-34-32;1-4-15(2,3)14(20)21-17-8-11-5-12(9-17)7-16(6-11,10-17)13(18)19;1-5-16(3,4)15(18)19-11(2)17-9-12-6-13(10-17)8-14(17)7-12;1-4-15(2,3)14(18)17-16-8-11-5-12(9-16)7-13(6-11)10-16/h23-29H,8-22H2,1-7H3;20-27H,7-19H2,1-6H3;11-12H,4-10H2,1-3H3,(H,18,19);11-14H,5-10H2,1-4H3;11-13H,4-10H2,1-3H3,(H,17,18)/t23?,24?,25-,26?,27?,28?,29?,32?,33?;20-,21?,22+,23?,24?,25?,26?,27?,30?,31?,32+;;;/m10.../s1. The summed E-state index contributed by atoms with van der Waals surface area (Å²) in [5.74, 6) is 15.2. The van der Waals surface area contributed by atoms with Crippen LogP contribution >= 0.6 is 0 Å². The molecule has 0 aromatic rings. The third kappa shape index (κ3) is 19.0. The van der Waals surface area contributed by atoms with Crippen molar-refractivity contribution < 1.29 is 62.3 Å². The lowest BCUT2D eigenvalue weighted by Gasteiger charge is -2.61. The van der Waals surface area contributed by atoms with Crippen molar-refractivity contribution in [3.63, 3.8) is 0 Å². The summed E-state index contributed by atoms with van der Waals surface area (Å²) >= 11 is 0. The van der Waals surface area contributed by atoms with Crippen molar-refractivity contribution in [2.24, 2.45) is 178 Å². The molecule has 21 unspecified atom stereocenters. The number of amides is 1. The van der Waals surface area contributed by atoms with Crippen LogP contribution in [0.1, 0.15) is 461 Å². The molecule has 14 nitrogen and oxygen atoms in total. The van der Waals surface area contributed by atoms with Gasteiger partial charge in [-0.1, -0.05) is 129 Å². The summed E-state index contributed by atoms with van der Waals surface area (Å²) in [5, 5.41) is 13.2. The molecule has 734 valence electrons. The van der Waals surface area contributed by atoms with Crippen molar-refractivity contribution in [2.75, 3.05) is 6.61 Å². The second kappa shape index (κ2) is 37.5. The molecule has 0 aromatic carbocycles. The predicted octanol–water partition coefficient (Wildman–Crippen LogP) is 28.2. The Balaban J connectivity index is 0.000000128. The Morgan fingerprint density at radius 3 is 1.42 bits per heavy atom. The fourth-order valence-electron chi connectivity index (χ4n) is 35.5. The molecule has 20 saturated carbocycles. The number of carbonyl (C=O) groups is 6. The maximum absolute atomic E-state index is 12.8. The number of nitrogens with one attached hydrogen (secondary N) is 1. The average Bonchev–Trinajstić information content (AvgIpc) is 1.62. The summed E-state index contributed by atoms with van der Waals surface area (Å²) in [5.41, 5.74) is -0.500. The smallest absolute Gasteiger partial charge is 0.312 e. The molecule has 2 saturated heterocycles. The van der Waals surface area contributed by atoms with Gasteiger partial charge in [-0.15, -0.1) is 0 Å². The average molecular weight is 1800 g/mol. The van der Waals surface area contributed by atoms with E-state index in [2.05, 4.69) is 102 Å². The molecule has 0 radical (unpaired) electrons. The number of esters is 4. The van der Waals surface area contributed by atoms with E-state index in [1.54, 1.807) is 0 Å². The first-order chi connectivity index (χ1) is 60.6. The van der Waals surface area contributed by atoms with E-state index in [1.165, 1.54) is 199 Å². The summed E-state index contributed by atoms with van der Waals surface area (Å²) in [4.78, 5) is 74.6. The largest absolute Gasteiger partial charge is 0.481 e. The number of fused-ring (bicyclic) bond motifs is 12. The highest BCUT2D eigenvalue weighted by molar-refractivity contribution is 5.83. The first-order valence-electron chi connectivity index (χ1n) is 55.3. The number of aliphatic carboxylic acids is 1. The lowest BCUT2D eigenvalue weighted by atomic mass is 9.44. The molecule has 22 aliphatic rings. The second-order valence-electron chi connectivity index (χ2n) is 54.1. The number of carboxylic acid groups (broad SMARTS) is 1. The monoisotopic (exact) mass is 1790 g/mol. The number of hydrogen-bond acceptors (Lipinski definition) is 12. The van der Waals surface area contributed by atoms with Gasteiger partial charge in [0.15, 0.2) is 5.79 Å². The van der Waals surface area contributed by atoms with Gasteiger partial charge in [-0.05, 0) is 453 Å². The Morgan fingerprint density at radius 1 is 0.450 bits per heavy atom. The number of rotatable bonds is 23. The van der Waals surface area contributed by atoms with Gasteiger partial charge in [0.2, 0.25) is 5.91 Å². The normalized spacial score (nSPS) is 44.7. The molecule has 12 bridgehead atoms. The van der Waals surface area contributed by atoms with Gasteiger partial charge in [-0.3, -0.25) is 28.8 Å². The molecule has 1 spiro atoms. The zero-order chi connectivity index (χ0) is 93.2.